The van der Waals surface area contributed by atoms with E-state index < -0.39 is 0 Å². The van der Waals surface area contributed by atoms with Gasteiger partial charge in [0.1, 0.15) is 5.75 Å². The van der Waals surface area contributed by atoms with Crippen molar-refractivity contribution in [2.45, 2.75) is 19.8 Å². The normalized spacial score (nSPS) is 12.3. The monoisotopic (exact) mass is 294 g/mol. The first kappa shape index (κ1) is 13.9. The molecule has 0 bridgehead atoms. The van der Waals surface area contributed by atoms with Crippen LogP contribution >= 0.6 is 11.3 Å². The van der Waals surface area contributed by atoms with Crippen molar-refractivity contribution in [1.29, 1.82) is 0 Å². The van der Waals surface area contributed by atoms with E-state index in [9.17, 15) is 5.11 Å². The molecule has 0 saturated carbocycles. The average molecular weight is 294 g/mol. The summed E-state index contributed by atoms with van der Waals surface area (Å²) in [5, 5.41) is 10.3. The minimum Gasteiger partial charge on any atom is -0.508 e. The molecule has 0 radical (unpaired) electrons. The molecule has 0 saturated heterocycles. The summed E-state index contributed by atoms with van der Waals surface area (Å²) in [6.07, 6.45) is 0. The Kier molecular flexibility index (Phi) is 3.80. The molecule has 1 unspecified atom stereocenters. The molecule has 3 rings (SSSR count). The Labute approximate surface area is 129 Å². The first-order chi connectivity index (χ1) is 10.1. The fourth-order valence-electron chi connectivity index (χ4n) is 2.66. The summed E-state index contributed by atoms with van der Waals surface area (Å²) in [5.41, 5.74) is 3.35. The fraction of sp³-hybridized carbons (Fsp3) is 0.158. The third-order valence-corrected chi connectivity index (χ3v) is 4.74. The Morgan fingerprint density at radius 2 is 1.67 bits per heavy atom. The van der Waals surface area contributed by atoms with E-state index in [1.807, 2.05) is 12.1 Å². The van der Waals surface area contributed by atoms with Crippen molar-refractivity contribution in [2.24, 2.45) is 0 Å². The fourth-order valence-corrected chi connectivity index (χ4v) is 3.68. The van der Waals surface area contributed by atoms with E-state index in [1.54, 1.807) is 17.4 Å². The van der Waals surface area contributed by atoms with Crippen LogP contribution in [-0.4, -0.2) is 5.11 Å². The van der Waals surface area contributed by atoms with Gasteiger partial charge in [-0.3, -0.25) is 0 Å². The van der Waals surface area contributed by atoms with Crippen LogP contribution in [0, 0.1) is 13.8 Å². The molecule has 1 heterocycles. The standard InChI is InChI=1S/C19H18OS/c1-13-8-10-17(20)16(12-13)19(15-6-4-3-5-7-15)18-11-9-14(2)21-18/h3-12,19-20H,1-2H3. The Bertz CT molecular complexity index is 743. The number of benzene rings is 2. The number of thiophene rings is 1. The van der Waals surface area contributed by atoms with Crippen molar-refractivity contribution in [3.05, 3.63) is 87.1 Å². The third-order valence-electron chi connectivity index (χ3n) is 3.67. The molecule has 0 fully saturated rings. The number of hydrogen-bond acceptors (Lipinski definition) is 2. The molecule has 106 valence electrons. The van der Waals surface area contributed by atoms with Crippen LogP contribution in [0.5, 0.6) is 5.75 Å². The van der Waals surface area contributed by atoms with Crippen molar-refractivity contribution in [3.8, 4) is 5.75 Å². The van der Waals surface area contributed by atoms with Crippen LogP contribution in [0.25, 0.3) is 0 Å². The lowest BCUT2D eigenvalue weighted by Gasteiger charge is -2.18. The van der Waals surface area contributed by atoms with Crippen molar-refractivity contribution in [2.75, 3.05) is 0 Å². The van der Waals surface area contributed by atoms with E-state index in [1.165, 1.54) is 15.3 Å². The van der Waals surface area contributed by atoms with Crippen LogP contribution in [0.3, 0.4) is 0 Å². The smallest absolute Gasteiger partial charge is 0.119 e. The summed E-state index contributed by atoms with van der Waals surface area (Å²) < 4.78 is 0. The third kappa shape index (κ3) is 2.86. The van der Waals surface area contributed by atoms with Gasteiger partial charge >= 0.3 is 0 Å². The number of aromatic hydroxyl groups is 1. The first-order valence-corrected chi connectivity index (χ1v) is 7.87. The maximum atomic E-state index is 10.3. The SMILES string of the molecule is Cc1ccc(O)c(C(c2ccccc2)c2ccc(C)s2)c1. The molecule has 3 aromatic rings. The molecule has 0 aliphatic rings. The summed E-state index contributed by atoms with van der Waals surface area (Å²) in [7, 11) is 0. The highest BCUT2D eigenvalue weighted by Gasteiger charge is 2.21. The molecular weight excluding hydrogens is 276 g/mol. The minimum absolute atomic E-state index is 0.0878. The van der Waals surface area contributed by atoms with E-state index >= 15 is 0 Å². The predicted molar refractivity (Wildman–Crippen MR) is 89.3 cm³/mol. The number of phenolic OH excluding ortho intramolecular Hbond substituents is 1. The lowest BCUT2D eigenvalue weighted by Crippen LogP contribution is -2.02. The van der Waals surface area contributed by atoms with Gasteiger partial charge in [-0.15, -0.1) is 11.3 Å². The molecule has 1 aromatic heterocycles. The molecule has 0 spiro atoms. The number of rotatable bonds is 3. The molecule has 1 N–H and O–H groups in total. The van der Waals surface area contributed by atoms with Gasteiger partial charge in [0.05, 0.1) is 0 Å². The van der Waals surface area contributed by atoms with Crippen LogP contribution in [0.2, 0.25) is 0 Å². The molecule has 0 amide bonds. The number of hydrogen-bond donors (Lipinski definition) is 1. The second-order valence-electron chi connectivity index (χ2n) is 5.35. The van der Waals surface area contributed by atoms with Gasteiger partial charge in [0.15, 0.2) is 0 Å². The summed E-state index contributed by atoms with van der Waals surface area (Å²) >= 11 is 1.79. The van der Waals surface area contributed by atoms with Gasteiger partial charge in [0, 0.05) is 21.2 Å². The highest BCUT2D eigenvalue weighted by atomic mass is 32.1. The Balaban J connectivity index is 2.19. The molecule has 21 heavy (non-hydrogen) atoms. The minimum atomic E-state index is 0.0878. The van der Waals surface area contributed by atoms with Crippen LogP contribution in [0.1, 0.15) is 32.4 Å². The van der Waals surface area contributed by atoms with Crippen LogP contribution in [-0.2, 0) is 0 Å². The lowest BCUT2D eigenvalue weighted by molar-refractivity contribution is 0.467. The summed E-state index contributed by atoms with van der Waals surface area (Å²) in [4.78, 5) is 2.55. The number of phenols is 1. The average Bonchev–Trinajstić information content (AvgIpc) is 2.90. The predicted octanol–water partition coefficient (Wildman–Crippen LogP) is 5.25. The van der Waals surface area contributed by atoms with Crippen LogP contribution in [0.4, 0.5) is 0 Å². The first-order valence-electron chi connectivity index (χ1n) is 7.06. The maximum absolute atomic E-state index is 10.3. The number of aryl methyl sites for hydroxylation is 2. The zero-order chi connectivity index (χ0) is 14.8. The van der Waals surface area contributed by atoms with E-state index in [2.05, 4.69) is 56.3 Å². The van der Waals surface area contributed by atoms with Crippen LogP contribution in [0.15, 0.2) is 60.7 Å². The second kappa shape index (κ2) is 5.74. The zero-order valence-electron chi connectivity index (χ0n) is 12.2. The summed E-state index contributed by atoms with van der Waals surface area (Å²) in [6.45, 7) is 4.18. The molecule has 1 nitrogen and oxygen atoms in total. The van der Waals surface area contributed by atoms with Crippen molar-refractivity contribution >= 4 is 11.3 Å². The summed E-state index contributed by atoms with van der Waals surface area (Å²) in [6, 6.07) is 20.5. The highest BCUT2D eigenvalue weighted by molar-refractivity contribution is 7.12. The Morgan fingerprint density at radius 1 is 0.905 bits per heavy atom. The summed E-state index contributed by atoms with van der Waals surface area (Å²) in [5.74, 6) is 0.449. The molecule has 1 atom stereocenters. The van der Waals surface area contributed by atoms with Crippen molar-refractivity contribution < 1.29 is 5.11 Å². The lowest BCUT2D eigenvalue weighted by atomic mass is 9.88. The topological polar surface area (TPSA) is 20.2 Å². The largest absolute Gasteiger partial charge is 0.508 e. The maximum Gasteiger partial charge on any atom is 0.119 e. The molecule has 0 aliphatic carbocycles. The zero-order valence-corrected chi connectivity index (χ0v) is 13.0. The van der Waals surface area contributed by atoms with Gasteiger partial charge in [-0.25, -0.2) is 0 Å². The molecule has 2 aromatic carbocycles. The second-order valence-corrected chi connectivity index (χ2v) is 6.67. The highest BCUT2D eigenvalue weighted by Crippen LogP contribution is 2.39. The molecular formula is C19H18OS. The van der Waals surface area contributed by atoms with E-state index in [0.29, 0.717) is 5.75 Å². The Hall–Kier alpha value is -2.06. The van der Waals surface area contributed by atoms with Gasteiger partial charge < -0.3 is 5.11 Å². The Morgan fingerprint density at radius 3 is 2.33 bits per heavy atom. The van der Waals surface area contributed by atoms with Crippen LogP contribution < -0.4 is 0 Å². The quantitative estimate of drug-likeness (QED) is 0.699. The van der Waals surface area contributed by atoms with E-state index in [-0.39, 0.29) is 5.92 Å². The van der Waals surface area contributed by atoms with Crippen molar-refractivity contribution in [3.63, 3.8) is 0 Å². The van der Waals surface area contributed by atoms with E-state index in [0.717, 1.165) is 11.1 Å². The van der Waals surface area contributed by atoms with Gasteiger partial charge in [-0.2, -0.15) is 0 Å². The molecule has 2 heteroatoms. The molecule has 0 aliphatic heterocycles. The van der Waals surface area contributed by atoms with Gasteiger partial charge in [-0.1, -0.05) is 48.0 Å². The van der Waals surface area contributed by atoms with Gasteiger partial charge in [-0.05, 0) is 37.6 Å². The van der Waals surface area contributed by atoms with Gasteiger partial charge in [0.2, 0.25) is 0 Å². The van der Waals surface area contributed by atoms with Gasteiger partial charge in [0.25, 0.3) is 0 Å². The van der Waals surface area contributed by atoms with Crippen molar-refractivity contribution in [1.82, 2.24) is 0 Å². The van der Waals surface area contributed by atoms with E-state index in [4.69, 9.17) is 0 Å².